The van der Waals surface area contributed by atoms with Gasteiger partial charge in [0.05, 0.1) is 29.1 Å². The van der Waals surface area contributed by atoms with Gasteiger partial charge in [0.1, 0.15) is 18.3 Å². The number of methoxy groups -OCH3 is 1. The van der Waals surface area contributed by atoms with E-state index in [1.54, 1.807) is 44.4 Å². The molecule has 0 saturated heterocycles. The fraction of sp³-hybridized carbons (Fsp3) is 0.462. The molecule has 0 aliphatic heterocycles. The van der Waals surface area contributed by atoms with Gasteiger partial charge in [0.2, 0.25) is 21.8 Å². The number of halogens is 2. The lowest BCUT2D eigenvalue weighted by atomic mass is 9.95. The fourth-order valence-electron chi connectivity index (χ4n) is 4.36. The molecule has 0 heterocycles. The summed E-state index contributed by atoms with van der Waals surface area (Å²) >= 11 is 12.4. The van der Waals surface area contributed by atoms with Crippen molar-refractivity contribution in [3.63, 3.8) is 0 Å². The summed E-state index contributed by atoms with van der Waals surface area (Å²) in [6.45, 7) is 1.20. The van der Waals surface area contributed by atoms with Crippen LogP contribution in [0.1, 0.15) is 44.6 Å². The van der Waals surface area contributed by atoms with E-state index in [4.69, 9.17) is 27.9 Å². The van der Waals surface area contributed by atoms with Crippen LogP contribution in [-0.2, 0) is 26.2 Å². The van der Waals surface area contributed by atoms with Gasteiger partial charge in [-0.25, -0.2) is 8.42 Å². The first-order valence-electron chi connectivity index (χ1n) is 12.2. The lowest BCUT2D eigenvalue weighted by molar-refractivity contribution is -0.139. The van der Waals surface area contributed by atoms with Gasteiger partial charge in [0.15, 0.2) is 0 Å². The molecule has 0 bridgehead atoms. The Morgan fingerprint density at radius 2 is 1.73 bits per heavy atom. The molecule has 1 fully saturated rings. The van der Waals surface area contributed by atoms with E-state index in [0.717, 1.165) is 48.2 Å². The predicted octanol–water partition coefficient (Wildman–Crippen LogP) is 4.63. The van der Waals surface area contributed by atoms with Crippen LogP contribution in [0.5, 0.6) is 5.75 Å². The Labute approximate surface area is 228 Å². The summed E-state index contributed by atoms with van der Waals surface area (Å²) in [5.74, 6) is -0.174. The van der Waals surface area contributed by atoms with Crippen molar-refractivity contribution in [3.8, 4) is 5.75 Å². The summed E-state index contributed by atoms with van der Waals surface area (Å²) in [7, 11) is -2.35. The highest BCUT2D eigenvalue weighted by atomic mass is 35.5. The second-order valence-electron chi connectivity index (χ2n) is 9.23. The smallest absolute Gasteiger partial charge is 0.244 e. The number of nitrogens with zero attached hydrogens (tertiary/aromatic N) is 2. The molecule has 0 radical (unpaired) electrons. The predicted molar refractivity (Wildman–Crippen MR) is 147 cm³/mol. The summed E-state index contributed by atoms with van der Waals surface area (Å²) in [5, 5.41) is 3.25. The van der Waals surface area contributed by atoms with Crippen LogP contribution >= 0.6 is 23.2 Å². The van der Waals surface area contributed by atoms with Gasteiger partial charge in [-0.2, -0.15) is 0 Å². The zero-order chi connectivity index (χ0) is 27.2. The molecule has 202 valence electrons. The Kier molecular flexibility index (Phi) is 10.1. The first kappa shape index (κ1) is 29.1. The van der Waals surface area contributed by atoms with Gasteiger partial charge in [-0.1, -0.05) is 60.7 Å². The Balaban J connectivity index is 1.90. The van der Waals surface area contributed by atoms with Gasteiger partial charge < -0.3 is 15.0 Å². The van der Waals surface area contributed by atoms with Crippen molar-refractivity contribution in [2.24, 2.45) is 0 Å². The monoisotopic (exact) mass is 569 g/mol. The van der Waals surface area contributed by atoms with Crippen LogP contribution in [0.3, 0.4) is 0 Å². The Hall–Kier alpha value is -2.49. The van der Waals surface area contributed by atoms with E-state index in [1.165, 1.54) is 17.0 Å². The van der Waals surface area contributed by atoms with Crippen molar-refractivity contribution in [3.05, 3.63) is 58.1 Å². The van der Waals surface area contributed by atoms with Crippen LogP contribution in [0.2, 0.25) is 10.0 Å². The van der Waals surface area contributed by atoms with Gasteiger partial charge in [-0.15, -0.1) is 0 Å². The number of hydrogen-bond donors (Lipinski definition) is 1. The number of nitrogens with one attached hydrogen (secondary N) is 1. The molecule has 3 rings (SSSR count). The molecule has 1 saturated carbocycles. The topological polar surface area (TPSA) is 96.0 Å². The molecule has 0 unspecified atom stereocenters. The minimum atomic E-state index is -3.91. The van der Waals surface area contributed by atoms with Crippen molar-refractivity contribution in [2.75, 3.05) is 24.2 Å². The summed E-state index contributed by atoms with van der Waals surface area (Å²) in [6.07, 6.45) is 6.05. The molecule has 0 spiro atoms. The number of carbonyl (C=O) groups is 2. The molecular formula is C26H33Cl2N3O5S. The molecule has 1 aliphatic rings. The molecular weight excluding hydrogens is 537 g/mol. The number of ether oxygens (including phenoxy) is 1. The molecule has 2 aromatic rings. The SMILES string of the molecule is COc1ccc(CN(C(=O)CN(c2cccc(Cl)c2Cl)S(C)(=O)=O)[C@@H](C)C(=O)NC2CCCCC2)cc1. The average Bonchev–Trinajstić information content (AvgIpc) is 2.87. The van der Waals surface area contributed by atoms with E-state index in [0.29, 0.717) is 5.75 Å². The van der Waals surface area contributed by atoms with Gasteiger partial charge in [-0.05, 0) is 49.6 Å². The highest BCUT2D eigenvalue weighted by molar-refractivity contribution is 7.92. The highest BCUT2D eigenvalue weighted by Crippen LogP contribution is 2.33. The van der Waals surface area contributed by atoms with Gasteiger partial charge in [0.25, 0.3) is 0 Å². The van der Waals surface area contributed by atoms with Gasteiger partial charge >= 0.3 is 0 Å². The van der Waals surface area contributed by atoms with E-state index < -0.39 is 28.5 Å². The Morgan fingerprint density at radius 3 is 2.32 bits per heavy atom. The molecule has 2 amide bonds. The van der Waals surface area contributed by atoms with Crippen molar-refractivity contribution >= 4 is 50.7 Å². The number of hydrogen-bond acceptors (Lipinski definition) is 5. The summed E-state index contributed by atoms with van der Waals surface area (Å²) < 4.78 is 31.5. The maximum Gasteiger partial charge on any atom is 0.244 e. The summed E-state index contributed by atoms with van der Waals surface area (Å²) in [5.41, 5.74) is 0.854. The van der Waals surface area contributed by atoms with Gasteiger partial charge in [-0.3, -0.25) is 13.9 Å². The lowest BCUT2D eigenvalue weighted by Crippen LogP contribution is -2.53. The van der Waals surface area contributed by atoms with Crippen molar-refractivity contribution in [1.82, 2.24) is 10.2 Å². The number of sulfonamides is 1. The fourth-order valence-corrected chi connectivity index (χ4v) is 5.66. The van der Waals surface area contributed by atoms with E-state index in [-0.39, 0.29) is 34.2 Å². The summed E-state index contributed by atoms with van der Waals surface area (Å²) in [6, 6.07) is 10.9. The molecule has 1 aliphatic carbocycles. The minimum absolute atomic E-state index is 0.0205. The largest absolute Gasteiger partial charge is 0.497 e. The van der Waals surface area contributed by atoms with Crippen molar-refractivity contribution in [2.45, 2.75) is 57.7 Å². The first-order chi connectivity index (χ1) is 17.5. The van der Waals surface area contributed by atoms with Gasteiger partial charge in [0, 0.05) is 12.6 Å². The first-order valence-corrected chi connectivity index (χ1v) is 14.8. The minimum Gasteiger partial charge on any atom is -0.497 e. The third-order valence-electron chi connectivity index (χ3n) is 6.51. The van der Waals surface area contributed by atoms with E-state index in [1.807, 2.05) is 0 Å². The number of anilines is 1. The Bertz CT molecular complexity index is 1200. The normalized spacial score (nSPS) is 15.1. The van der Waals surface area contributed by atoms with Crippen LogP contribution in [0.15, 0.2) is 42.5 Å². The highest BCUT2D eigenvalue weighted by Gasteiger charge is 2.32. The number of amides is 2. The van der Waals surface area contributed by atoms with E-state index in [2.05, 4.69) is 5.32 Å². The number of benzene rings is 2. The Morgan fingerprint density at radius 1 is 1.08 bits per heavy atom. The maximum absolute atomic E-state index is 13.7. The van der Waals surface area contributed by atoms with Crippen LogP contribution < -0.4 is 14.4 Å². The maximum atomic E-state index is 13.7. The van der Waals surface area contributed by atoms with E-state index >= 15 is 0 Å². The standard InChI is InChI=1S/C26H33Cl2N3O5S/c1-18(26(33)29-20-8-5-4-6-9-20)30(16-19-12-14-21(36-2)15-13-19)24(32)17-31(37(3,34)35)23-11-7-10-22(27)25(23)28/h7,10-15,18,20H,4-6,8-9,16-17H2,1-3H3,(H,29,33)/t18-/m0/s1. The summed E-state index contributed by atoms with van der Waals surface area (Å²) in [4.78, 5) is 28.3. The molecule has 1 N–H and O–H groups in total. The van der Waals surface area contributed by atoms with Crippen LogP contribution in [0.25, 0.3) is 0 Å². The zero-order valence-corrected chi connectivity index (χ0v) is 23.6. The van der Waals surface area contributed by atoms with Crippen molar-refractivity contribution in [1.29, 1.82) is 0 Å². The quantitative estimate of drug-likeness (QED) is 0.449. The average molecular weight is 571 g/mol. The van der Waals surface area contributed by atoms with Crippen LogP contribution in [-0.4, -0.2) is 57.1 Å². The lowest BCUT2D eigenvalue weighted by Gasteiger charge is -2.33. The number of carbonyl (C=O) groups excluding carboxylic acids is 2. The molecule has 1 atom stereocenters. The molecule has 8 nitrogen and oxygen atoms in total. The van der Waals surface area contributed by atoms with Crippen molar-refractivity contribution < 1.29 is 22.7 Å². The molecule has 37 heavy (non-hydrogen) atoms. The number of rotatable bonds is 10. The molecule has 0 aromatic heterocycles. The van der Waals surface area contributed by atoms with Crippen LogP contribution in [0.4, 0.5) is 5.69 Å². The second-order valence-corrected chi connectivity index (χ2v) is 11.9. The zero-order valence-electron chi connectivity index (χ0n) is 21.2. The van der Waals surface area contributed by atoms with Crippen LogP contribution in [0, 0.1) is 0 Å². The van der Waals surface area contributed by atoms with E-state index in [9.17, 15) is 18.0 Å². The molecule has 2 aromatic carbocycles. The third kappa shape index (κ3) is 7.75. The third-order valence-corrected chi connectivity index (χ3v) is 8.45. The molecule has 11 heteroatoms. The second kappa shape index (κ2) is 12.8.